The predicted octanol–water partition coefficient (Wildman–Crippen LogP) is 1.62. The van der Waals surface area contributed by atoms with E-state index in [2.05, 4.69) is 29.7 Å². The Morgan fingerprint density at radius 2 is 1.80 bits per heavy atom. The minimum atomic E-state index is 0.271. The number of piperidine rings is 1. The Morgan fingerprint density at radius 3 is 2.57 bits per heavy atom. The lowest BCUT2D eigenvalue weighted by Crippen LogP contribution is -2.39. The van der Waals surface area contributed by atoms with Gasteiger partial charge in [0.15, 0.2) is 0 Å². The number of nitrogens with zero attached hydrogens (tertiary/aromatic N) is 7. The summed E-state index contributed by atoms with van der Waals surface area (Å²) >= 11 is 0. The van der Waals surface area contributed by atoms with Gasteiger partial charge in [-0.15, -0.1) is 0 Å². The van der Waals surface area contributed by atoms with Crippen LogP contribution < -0.4 is 14.5 Å². The average Bonchev–Trinajstić information content (AvgIpc) is 3.07. The van der Waals surface area contributed by atoms with Gasteiger partial charge in [0.25, 0.3) is 0 Å². The van der Waals surface area contributed by atoms with E-state index in [0.29, 0.717) is 18.3 Å². The number of hydrogen-bond donors (Lipinski definition) is 0. The topological polar surface area (TPSA) is 87.6 Å². The molecule has 0 radical (unpaired) electrons. The second-order valence-electron chi connectivity index (χ2n) is 7.81. The standard InChI is InChI=1S/C21H29N7O2/c1-30-21-24-9-4-18(25-21)26-12-5-17(6-13-26)16-19(29)27-10-3-11-28(15-14-27)20-22-7-2-8-23-20/h2,4,7-9,17H,3,5-6,10-16H2,1H3. The highest BCUT2D eigenvalue weighted by Crippen LogP contribution is 2.25. The maximum Gasteiger partial charge on any atom is 0.318 e. The summed E-state index contributed by atoms with van der Waals surface area (Å²) < 4.78 is 5.12. The van der Waals surface area contributed by atoms with Gasteiger partial charge in [-0.3, -0.25) is 4.79 Å². The van der Waals surface area contributed by atoms with Crippen molar-refractivity contribution in [1.29, 1.82) is 0 Å². The summed E-state index contributed by atoms with van der Waals surface area (Å²) in [5, 5.41) is 0. The van der Waals surface area contributed by atoms with Gasteiger partial charge in [0.05, 0.1) is 7.11 Å². The third-order valence-corrected chi connectivity index (χ3v) is 5.89. The van der Waals surface area contributed by atoms with E-state index in [9.17, 15) is 4.79 Å². The lowest BCUT2D eigenvalue weighted by molar-refractivity contribution is -0.132. The molecule has 9 nitrogen and oxygen atoms in total. The van der Waals surface area contributed by atoms with E-state index in [1.807, 2.05) is 17.0 Å². The van der Waals surface area contributed by atoms with E-state index >= 15 is 0 Å². The van der Waals surface area contributed by atoms with Crippen molar-refractivity contribution in [2.75, 3.05) is 56.2 Å². The number of rotatable bonds is 5. The fraction of sp³-hybridized carbons (Fsp3) is 0.571. The van der Waals surface area contributed by atoms with Crippen LogP contribution >= 0.6 is 0 Å². The second kappa shape index (κ2) is 9.69. The number of hydrogen-bond acceptors (Lipinski definition) is 8. The molecule has 0 N–H and O–H groups in total. The maximum atomic E-state index is 12.9. The number of carbonyl (C=O) groups is 1. The first kappa shape index (κ1) is 20.3. The molecule has 4 heterocycles. The van der Waals surface area contributed by atoms with Crippen LogP contribution in [0.1, 0.15) is 25.7 Å². The van der Waals surface area contributed by atoms with Gasteiger partial charge in [-0.2, -0.15) is 4.98 Å². The number of anilines is 2. The number of aromatic nitrogens is 4. The molecule has 0 unspecified atom stereocenters. The molecule has 0 saturated carbocycles. The second-order valence-corrected chi connectivity index (χ2v) is 7.81. The highest BCUT2D eigenvalue weighted by atomic mass is 16.5. The van der Waals surface area contributed by atoms with Crippen LogP contribution in [0.2, 0.25) is 0 Å². The number of amides is 1. The monoisotopic (exact) mass is 411 g/mol. The Kier molecular flexibility index (Phi) is 6.56. The summed E-state index contributed by atoms with van der Waals surface area (Å²) in [5.74, 6) is 2.34. The minimum Gasteiger partial charge on any atom is -0.467 e. The van der Waals surface area contributed by atoms with Gasteiger partial charge in [-0.1, -0.05) is 0 Å². The molecule has 4 rings (SSSR count). The van der Waals surface area contributed by atoms with Crippen LogP contribution in [0.5, 0.6) is 6.01 Å². The Labute approximate surface area is 177 Å². The first-order valence-electron chi connectivity index (χ1n) is 10.6. The van der Waals surface area contributed by atoms with Crippen LogP contribution in [-0.4, -0.2) is 77.1 Å². The zero-order valence-corrected chi connectivity index (χ0v) is 17.5. The van der Waals surface area contributed by atoms with E-state index in [4.69, 9.17) is 4.74 Å². The van der Waals surface area contributed by atoms with E-state index < -0.39 is 0 Å². The number of ether oxygens (including phenoxy) is 1. The Balaban J connectivity index is 1.25. The average molecular weight is 412 g/mol. The normalized spacial score (nSPS) is 18.2. The maximum absolute atomic E-state index is 12.9. The van der Waals surface area contributed by atoms with Gasteiger partial charge >= 0.3 is 6.01 Å². The largest absolute Gasteiger partial charge is 0.467 e. The summed E-state index contributed by atoms with van der Waals surface area (Å²) in [6.07, 6.45) is 8.81. The van der Waals surface area contributed by atoms with Crippen molar-refractivity contribution in [2.24, 2.45) is 5.92 Å². The van der Waals surface area contributed by atoms with Gasteiger partial charge in [0.1, 0.15) is 5.82 Å². The first-order chi connectivity index (χ1) is 14.7. The zero-order chi connectivity index (χ0) is 20.8. The first-order valence-corrected chi connectivity index (χ1v) is 10.6. The lowest BCUT2D eigenvalue weighted by Gasteiger charge is -2.33. The van der Waals surface area contributed by atoms with E-state index in [0.717, 1.165) is 70.3 Å². The van der Waals surface area contributed by atoms with Gasteiger partial charge in [0.2, 0.25) is 11.9 Å². The molecule has 2 aromatic rings. The molecule has 30 heavy (non-hydrogen) atoms. The summed E-state index contributed by atoms with van der Waals surface area (Å²) in [6.45, 7) is 5.01. The van der Waals surface area contributed by atoms with Crippen LogP contribution in [0.3, 0.4) is 0 Å². The molecular weight excluding hydrogens is 382 g/mol. The van der Waals surface area contributed by atoms with Gasteiger partial charge in [-0.25, -0.2) is 15.0 Å². The molecule has 0 atom stereocenters. The summed E-state index contributed by atoms with van der Waals surface area (Å²) in [7, 11) is 1.58. The van der Waals surface area contributed by atoms with Crippen molar-refractivity contribution < 1.29 is 9.53 Å². The number of methoxy groups -OCH3 is 1. The van der Waals surface area contributed by atoms with Crippen molar-refractivity contribution in [3.05, 3.63) is 30.7 Å². The SMILES string of the molecule is COc1nccc(N2CCC(CC(=O)N3CCCN(c4ncccn4)CC3)CC2)n1. The quantitative estimate of drug-likeness (QED) is 0.734. The third kappa shape index (κ3) is 4.95. The van der Waals surface area contributed by atoms with Crippen LogP contribution in [0.4, 0.5) is 11.8 Å². The Bertz CT molecular complexity index is 827. The van der Waals surface area contributed by atoms with Gasteiger partial charge < -0.3 is 19.4 Å². The molecule has 9 heteroatoms. The van der Waals surface area contributed by atoms with Crippen molar-refractivity contribution in [1.82, 2.24) is 24.8 Å². The molecular formula is C21H29N7O2. The zero-order valence-electron chi connectivity index (χ0n) is 17.5. The molecule has 2 fully saturated rings. The molecule has 2 aromatic heterocycles. The van der Waals surface area contributed by atoms with Crippen LogP contribution in [-0.2, 0) is 4.79 Å². The van der Waals surface area contributed by atoms with E-state index in [1.54, 1.807) is 25.7 Å². The Morgan fingerprint density at radius 1 is 1.00 bits per heavy atom. The Hall–Kier alpha value is -2.97. The fourth-order valence-electron chi connectivity index (χ4n) is 4.17. The molecule has 0 aliphatic carbocycles. The van der Waals surface area contributed by atoms with Gasteiger partial charge in [0, 0.05) is 64.3 Å². The van der Waals surface area contributed by atoms with E-state index in [-0.39, 0.29) is 5.91 Å². The molecule has 0 aromatic carbocycles. The van der Waals surface area contributed by atoms with Crippen LogP contribution in [0, 0.1) is 5.92 Å². The summed E-state index contributed by atoms with van der Waals surface area (Å²) in [5.41, 5.74) is 0. The third-order valence-electron chi connectivity index (χ3n) is 5.89. The highest BCUT2D eigenvalue weighted by Gasteiger charge is 2.26. The van der Waals surface area contributed by atoms with Crippen molar-refractivity contribution in [2.45, 2.75) is 25.7 Å². The predicted molar refractivity (Wildman–Crippen MR) is 114 cm³/mol. The molecule has 2 saturated heterocycles. The highest BCUT2D eigenvalue weighted by molar-refractivity contribution is 5.76. The van der Waals surface area contributed by atoms with Gasteiger partial charge in [-0.05, 0) is 37.3 Å². The summed E-state index contributed by atoms with van der Waals surface area (Å²) in [4.78, 5) is 36.5. The van der Waals surface area contributed by atoms with Crippen molar-refractivity contribution in [3.8, 4) is 6.01 Å². The van der Waals surface area contributed by atoms with Crippen LogP contribution in [0.25, 0.3) is 0 Å². The lowest BCUT2D eigenvalue weighted by atomic mass is 9.93. The fourth-order valence-corrected chi connectivity index (χ4v) is 4.17. The molecule has 0 bridgehead atoms. The molecule has 2 aliphatic heterocycles. The number of carbonyl (C=O) groups excluding carboxylic acids is 1. The van der Waals surface area contributed by atoms with Crippen molar-refractivity contribution in [3.63, 3.8) is 0 Å². The smallest absolute Gasteiger partial charge is 0.318 e. The molecule has 2 aliphatic rings. The molecule has 160 valence electrons. The molecule has 0 spiro atoms. The van der Waals surface area contributed by atoms with Crippen LogP contribution in [0.15, 0.2) is 30.7 Å². The molecule has 1 amide bonds. The van der Waals surface area contributed by atoms with Crippen molar-refractivity contribution >= 4 is 17.7 Å². The summed E-state index contributed by atoms with van der Waals surface area (Å²) in [6, 6.07) is 4.12. The van der Waals surface area contributed by atoms with E-state index in [1.165, 1.54) is 0 Å². The minimum absolute atomic E-state index is 0.271.